The molecule has 0 atom stereocenters. The standard InChI is InChI=1S/C14H16BrN5/c1-2-4-11-12-13(16)17-18-14(12)20(19-11)8-9-5-3-6-10(15)7-9/h3,5-7H,2,4,8H2,1H3,(H3,16,17,18). The van der Waals surface area contributed by atoms with Gasteiger partial charge in [0, 0.05) is 4.47 Å². The maximum absolute atomic E-state index is 5.96. The molecule has 0 bridgehead atoms. The first-order valence-electron chi connectivity index (χ1n) is 6.62. The van der Waals surface area contributed by atoms with Crippen LogP contribution in [0, 0.1) is 0 Å². The van der Waals surface area contributed by atoms with E-state index in [1.54, 1.807) is 0 Å². The van der Waals surface area contributed by atoms with Crippen molar-refractivity contribution in [2.75, 3.05) is 5.73 Å². The fourth-order valence-corrected chi connectivity index (χ4v) is 2.84. The van der Waals surface area contributed by atoms with Crippen molar-refractivity contribution in [1.82, 2.24) is 20.0 Å². The molecule has 0 fully saturated rings. The molecule has 6 heteroatoms. The number of anilines is 1. The summed E-state index contributed by atoms with van der Waals surface area (Å²) in [6.07, 6.45) is 1.94. The summed E-state index contributed by atoms with van der Waals surface area (Å²) < 4.78 is 2.98. The van der Waals surface area contributed by atoms with Gasteiger partial charge >= 0.3 is 0 Å². The number of aromatic amines is 1. The lowest BCUT2D eigenvalue weighted by atomic mass is 10.2. The number of nitrogen functional groups attached to an aromatic ring is 1. The summed E-state index contributed by atoms with van der Waals surface area (Å²) >= 11 is 3.49. The van der Waals surface area contributed by atoms with Crippen LogP contribution < -0.4 is 5.73 Å². The first kappa shape index (κ1) is 13.2. The van der Waals surface area contributed by atoms with E-state index in [0.29, 0.717) is 12.4 Å². The molecule has 5 nitrogen and oxygen atoms in total. The van der Waals surface area contributed by atoms with Crippen LogP contribution in [0.2, 0.25) is 0 Å². The van der Waals surface area contributed by atoms with Gasteiger partial charge in [-0.05, 0) is 24.1 Å². The number of benzene rings is 1. The number of aryl methyl sites for hydroxylation is 1. The number of halogens is 1. The highest BCUT2D eigenvalue weighted by Gasteiger charge is 2.16. The molecular weight excluding hydrogens is 318 g/mol. The minimum absolute atomic E-state index is 0.601. The van der Waals surface area contributed by atoms with Crippen LogP contribution >= 0.6 is 15.9 Å². The number of aromatic nitrogens is 4. The van der Waals surface area contributed by atoms with Crippen LogP contribution in [-0.2, 0) is 13.0 Å². The predicted octanol–water partition coefficient (Wildman–Crippen LogP) is 3.10. The molecule has 104 valence electrons. The van der Waals surface area contributed by atoms with Crippen molar-refractivity contribution in [1.29, 1.82) is 0 Å². The summed E-state index contributed by atoms with van der Waals surface area (Å²) in [7, 11) is 0. The van der Waals surface area contributed by atoms with E-state index in [-0.39, 0.29) is 0 Å². The number of fused-ring (bicyclic) bond motifs is 1. The second-order valence-corrected chi connectivity index (χ2v) is 5.74. The largest absolute Gasteiger partial charge is 0.383 e. The Morgan fingerprint density at radius 1 is 1.40 bits per heavy atom. The zero-order valence-corrected chi connectivity index (χ0v) is 12.8. The van der Waals surface area contributed by atoms with Crippen LogP contribution in [0.3, 0.4) is 0 Å². The van der Waals surface area contributed by atoms with Crippen LogP contribution in [0.25, 0.3) is 11.0 Å². The second kappa shape index (κ2) is 5.28. The molecular formula is C14H16BrN5. The third kappa shape index (κ3) is 2.31. The number of nitrogens with zero attached hydrogens (tertiary/aromatic N) is 3. The van der Waals surface area contributed by atoms with E-state index in [9.17, 15) is 0 Å². The highest BCUT2D eigenvalue weighted by atomic mass is 79.9. The molecule has 2 heterocycles. The predicted molar refractivity (Wildman–Crippen MR) is 83.5 cm³/mol. The topological polar surface area (TPSA) is 72.5 Å². The average molecular weight is 334 g/mol. The molecule has 2 aromatic heterocycles. The maximum Gasteiger partial charge on any atom is 0.182 e. The van der Waals surface area contributed by atoms with E-state index >= 15 is 0 Å². The van der Waals surface area contributed by atoms with E-state index < -0.39 is 0 Å². The van der Waals surface area contributed by atoms with Crippen molar-refractivity contribution in [3.8, 4) is 0 Å². The van der Waals surface area contributed by atoms with Crippen molar-refractivity contribution in [3.63, 3.8) is 0 Å². The Balaban J connectivity index is 2.03. The summed E-state index contributed by atoms with van der Waals surface area (Å²) in [6.45, 7) is 2.82. The Bertz CT molecular complexity index is 743. The summed E-state index contributed by atoms with van der Waals surface area (Å²) in [5, 5.41) is 12.8. The number of hydrogen-bond donors (Lipinski definition) is 2. The summed E-state index contributed by atoms with van der Waals surface area (Å²) in [5.74, 6) is 0.601. The summed E-state index contributed by atoms with van der Waals surface area (Å²) in [6, 6.07) is 8.19. The molecule has 3 rings (SSSR count). The average Bonchev–Trinajstić information content (AvgIpc) is 2.94. The molecule has 0 saturated heterocycles. The molecule has 0 aliphatic heterocycles. The SMILES string of the molecule is CCCc1nn(Cc2cccc(Br)c2)c2n[nH]c(N)c12. The van der Waals surface area contributed by atoms with Crippen LogP contribution in [0.1, 0.15) is 24.6 Å². The fraction of sp³-hybridized carbons (Fsp3) is 0.286. The zero-order chi connectivity index (χ0) is 14.1. The molecule has 0 aliphatic carbocycles. The second-order valence-electron chi connectivity index (χ2n) is 4.82. The minimum atomic E-state index is 0.601. The monoisotopic (exact) mass is 333 g/mol. The smallest absolute Gasteiger partial charge is 0.182 e. The van der Waals surface area contributed by atoms with Gasteiger partial charge in [0.05, 0.1) is 17.6 Å². The van der Waals surface area contributed by atoms with Crippen LogP contribution in [0.5, 0.6) is 0 Å². The highest BCUT2D eigenvalue weighted by Crippen LogP contribution is 2.24. The number of H-pyrrole nitrogens is 1. The van der Waals surface area contributed by atoms with Gasteiger partial charge in [0.2, 0.25) is 0 Å². The van der Waals surface area contributed by atoms with Crippen LogP contribution in [0.15, 0.2) is 28.7 Å². The molecule has 20 heavy (non-hydrogen) atoms. The quantitative estimate of drug-likeness (QED) is 0.770. The van der Waals surface area contributed by atoms with Crippen molar-refractivity contribution in [2.45, 2.75) is 26.3 Å². The number of nitrogens with two attached hydrogens (primary N) is 1. The van der Waals surface area contributed by atoms with E-state index in [2.05, 4.69) is 50.3 Å². The number of rotatable bonds is 4. The van der Waals surface area contributed by atoms with E-state index in [4.69, 9.17) is 5.73 Å². The molecule has 3 aromatic rings. The lowest BCUT2D eigenvalue weighted by molar-refractivity contribution is 0.678. The normalized spacial score (nSPS) is 11.3. The molecule has 0 radical (unpaired) electrons. The fourth-order valence-electron chi connectivity index (χ4n) is 2.39. The van der Waals surface area contributed by atoms with E-state index in [0.717, 1.165) is 34.0 Å². The highest BCUT2D eigenvalue weighted by molar-refractivity contribution is 9.10. The van der Waals surface area contributed by atoms with Gasteiger partial charge < -0.3 is 5.73 Å². The van der Waals surface area contributed by atoms with Gasteiger partial charge in [-0.3, -0.25) is 5.10 Å². The molecule has 0 amide bonds. The maximum atomic E-state index is 5.96. The van der Waals surface area contributed by atoms with Crippen molar-refractivity contribution in [3.05, 3.63) is 40.0 Å². The molecule has 3 N–H and O–H groups in total. The van der Waals surface area contributed by atoms with E-state index in [1.165, 1.54) is 5.56 Å². The summed E-state index contributed by atoms with van der Waals surface area (Å²) in [5.41, 5.74) is 8.98. The molecule has 0 spiro atoms. The molecule has 0 aliphatic rings. The number of nitrogens with one attached hydrogen (secondary N) is 1. The lowest BCUT2D eigenvalue weighted by Crippen LogP contribution is -2.03. The van der Waals surface area contributed by atoms with Gasteiger partial charge in [-0.1, -0.05) is 41.4 Å². The van der Waals surface area contributed by atoms with Gasteiger partial charge in [0.1, 0.15) is 5.82 Å². The zero-order valence-electron chi connectivity index (χ0n) is 11.2. The van der Waals surface area contributed by atoms with Crippen LogP contribution in [0.4, 0.5) is 5.82 Å². The Kier molecular flexibility index (Phi) is 3.48. The Labute approximate surface area is 125 Å². The van der Waals surface area contributed by atoms with Gasteiger partial charge in [0.25, 0.3) is 0 Å². The molecule has 0 unspecified atom stereocenters. The lowest BCUT2D eigenvalue weighted by Gasteiger charge is -2.03. The molecule has 0 saturated carbocycles. The van der Waals surface area contributed by atoms with Gasteiger partial charge in [-0.25, -0.2) is 4.68 Å². The molecule has 1 aromatic carbocycles. The minimum Gasteiger partial charge on any atom is -0.383 e. The van der Waals surface area contributed by atoms with Crippen molar-refractivity contribution < 1.29 is 0 Å². The number of hydrogen-bond acceptors (Lipinski definition) is 3. The van der Waals surface area contributed by atoms with Gasteiger partial charge in [-0.2, -0.15) is 10.2 Å². The van der Waals surface area contributed by atoms with Crippen molar-refractivity contribution in [2.24, 2.45) is 0 Å². The third-order valence-corrected chi connectivity index (χ3v) is 3.75. The van der Waals surface area contributed by atoms with E-state index in [1.807, 2.05) is 16.8 Å². The van der Waals surface area contributed by atoms with Crippen molar-refractivity contribution >= 4 is 32.8 Å². The van der Waals surface area contributed by atoms with Gasteiger partial charge in [-0.15, -0.1) is 0 Å². The Morgan fingerprint density at radius 3 is 3.00 bits per heavy atom. The van der Waals surface area contributed by atoms with Crippen LogP contribution in [-0.4, -0.2) is 20.0 Å². The summed E-state index contributed by atoms with van der Waals surface area (Å²) in [4.78, 5) is 0. The Morgan fingerprint density at radius 2 is 2.25 bits per heavy atom. The Hall–Kier alpha value is -1.82. The van der Waals surface area contributed by atoms with Gasteiger partial charge in [0.15, 0.2) is 5.65 Å². The third-order valence-electron chi connectivity index (χ3n) is 3.26. The first-order valence-corrected chi connectivity index (χ1v) is 7.42. The first-order chi connectivity index (χ1) is 9.69.